The predicted molar refractivity (Wildman–Crippen MR) is 138 cm³/mol. The van der Waals surface area contributed by atoms with E-state index in [0.29, 0.717) is 24.2 Å². The Hall–Kier alpha value is -3.68. The van der Waals surface area contributed by atoms with Crippen LogP contribution in [0.5, 0.6) is 5.75 Å². The molecule has 0 bridgehead atoms. The summed E-state index contributed by atoms with van der Waals surface area (Å²) < 4.78 is 17.6. The SMILES string of the molecule is COc1ccc([C@@H]2[C@@H](C(=O)C(C)(C)C)N3N=Cc4ccccc4[C@H]3C23C(=O)OC2(CCCC2)OC3=O)cc1. The van der Waals surface area contributed by atoms with Crippen LogP contribution < -0.4 is 4.74 Å². The van der Waals surface area contributed by atoms with Gasteiger partial charge in [-0.2, -0.15) is 5.10 Å². The van der Waals surface area contributed by atoms with Crippen molar-refractivity contribution >= 4 is 23.9 Å². The van der Waals surface area contributed by atoms with Crippen LogP contribution in [0.15, 0.2) is 53.6 Å². The predicted octanol–water partition coefficient (Wildman–Crippen LogP) is 4.52. The topological polar surface area (TPSA) is 94.5 Å². The van der Waals surface area contributed by atoms with E-state index in [4.69, 9.17) is 19.3 Å². The lowest BCUT2D eigenvalue weighted by Crippen LogP contribution is -2.59. The third-order valence-corrected chi connectivity index (χ3v) is 8.49. The summed E-state index contributed by atoms with van der Waals surface area (Å²) in [6, 6.07) is 12.9. The van der Waals surface area contributed by atoms with Gasteiger partial charge in [0, 0.05) is 24.2 Å². The van der Waals surface area contributed by atoms with Crippen LogP contribution in [-0.2, 0) is 23.9 Å². The normalized spacial score (nSPS) is 26.6. The Labute approximate surface area is 221 Å². The number of Topliss-reactive ketones (excluding diaryl/α,β-unsaturated/α-hetero) is 1. The molecule has 2 saturated heterocycles. The average Bonchev–Trinajstić information content (AvgIpc) is 3.47. The zero-order chi connectivity index (χ0) is 26.9. The largest absolute Gasteiger partial charge is 0.497 e. The second-order valence-corrected chi connectivity index (χ2v) is 11.7. The number of carbonyl (C=O) groups is 3. The van der Waals surface area contributed by atoms with E-state index in [1.807, 2.05) is 57.2 Å². The maximum absolute atomic E-state index is 14.4. The zero-order valence-corrected chi connectivity index (χ0v) is 22.1. The van der Waals surface area contributed by atoms with Crippen molar-refractivity contribution in [1.29, 1.82) is 0 Å². The van der Waals surface area contributed by atoms with Crippen LogP contribution in [0.2, 0.25) is 0 Å². The maximum atomic E-state index is 14.4. The number of fused-ring (bicyclic) bond motifs is 4. The number of benzene rings is 2. The van der Waals surface area contributed by atoms with Crippen LogP contribution in [-0.4, -0.2) is 47.9 Å². The van der Waals surface area contributed by atoms with Crippen LogP contribution in [0, 0.1) is 10.8 Å². The molecule has 0 N–H and O–H groups in total. The highest BCUT2D eigenvalue weighted by atomic mass is 16.7. The highest BCUT2D eigenvalue weighted by molar-refractivity contribution is 6.07. The molecule has 3 atom stereocenters. The van der Waals surface area contributed by atoms with Crippen molar-refractivity contribution in [3.8, 4) is 5.75 Å². The van der Waals surface area contributed by atoms with Crippen molar-refractivity contribution in [3.05, 3.63) is 65.2 Å². The van der Waals surface area contributed by atoms with E-state index in [9.17, 15) is 14.4 Å². The third-order valence-electron chi connectivity index (χ3n) is 8.49. The smallest absolute Gasteiger partial charge is 0.330 e. The second kappa shape index (κ2) is 8.41. The molecule has 2 aromatic rings. The highest BCUT2D eigenvalue weighted by Gasteiger charge is 2.76. The first-order valence-corrected chi connectivity index (χ1v) is 13.2. The van der Waals surface area contributed by atoms with Gasteiger partial charge >= 0.3 is 11.9 Å². The summed E-state index contributed by atoms with van der Waals surface area (Å²) in [5.41, 5.74) is -0.435. The summed E-state index contributed by atoms with van der Waals surface area (Å²) in [4.78, 5) is 43.1. The molecular formula is C30H32N2O6. The summed E-state index contributed by atoms with van der Waals surface area (Å²) in [5, 5.41) is 6.37. The number of hydrazone groups is 1. The molecular weight excluding hydrogens is 484 g/mol. The number of ketones is 1. The van der Waals surface area contributed by atoms with Gasteiger partial charge in [-0.1, -0.05) is 57.2 Å². The Morgan fingerprint density at radius 1 is 1.00 bits per heavy atom. The van der Waals surface area contributed by atoms with Crippen molar-refractivity contribution in [2.75, 3.05) is 7.11 Å². The van der Waals surface area contributed by atoms with Crippen LogP contribution in [0.25, 0.3) is 0 Å². The molecule has 3 aliphatic heterocycles. The lowest BCUT2D eigenvalue weighted by atomic mass is 9.64. The van der Waals surface area contributed by atoms with Gasteiger partial charge in [0.2, 0.25) is 5.41 Å². The van der Waals surface area contributed by atoms with E-state index in [-0.39, 0.29) is 5.78 Å². The lowest BCUT2D eigenvalue weighted by molar-refractivity contribution is -0.263. The van der Waals surface area contributed by atoms with Crippen molar-refractivity contribution in [3.63, 3.8) is 0 Å². The number of methoxy groups -OCH3 is 1. The fourth-order valence-corrected chi connectivity index (χ4v) is 6.65. The van der Waals surface area contributed by atoms with Crippen LogP contribution in [0.4, 0.5) is 0 Å². The Morgan fingerprint density at radius 2 is 1.63 bits per heavy atom. The monoisotopic (exact) mass is 516 g/mol. The molecule has 38 heavy (non-hydrogen) atoms. The van der Waals surface area contributed by atoms with E-state index < -0.39 is 46.6 Å². The van der Waals surface area contributed by atoms with Gasteiger partial charge in [-0.25, -0.2) is 0 Å². The summed E-state index contributed by atoms with van der Waals surface area (Å²) in [6.07, 6.45) is 4.26. The van der Waals surface area contributed by atoms with Crippen molar-refractivity contribution in [2.24, 2.45) is 15.9 Å². The molecule has 6 rings (SSSR count). The third kappa shape index (κ3) is 3.35. The molecule has 0 aromatic heterocycles. The minimum atomic E-state index is -1.83. The van der Waals surface area contributed by atoms with E-state index >= 15 is 0 Å². The standard InChI is InChI=1S/C30H32N2O6/c1-28(2,3)25(33)23-22(18-11-13-20(36-4)14-12-18)30(24-21-10-6-5-9-19(21)17-31-32(23)24)26(34)37-29(38-27(30)35)15-7-8-16-29/h5-6,9-14,17,22-24H,7-8,15-16H2,1-4H3/t22-,23+,24+/m1/s1. The van der Waals surface area contributed by atoms with Gasteiger partial charge in [0.25, 0.3) is 5.79 Å². The van der Waals surface area contributed by atoms with Gasteiger partial charge in [-0.15, -0.1) is 0 Å². The minimum Gasteiger partial charge on any atom is -0.497 e. The minimum absolute atomic E-state index is 0.126. The number of esters is 2. The number of rotatable bonds is 3. The molecule has 8 nitrogen and oxygen atoms in total. The highest BCUT2D eigenvalue weighted by Crippen LogP contribution is 2.64. The molecule has 2 spiro atoms. The number of hydrogen-bond donors (Lipinski definition) is 0. The number of hydrogen-bond acceptors (Lipinski definition) is 8. The molecule has 0 radical (unpaired) electrons. The summed E-state index contributed by atoms with van der Waals surface area (Å²) >= 11 is 0. The van der Waals surface area contributed by atoms with Gasteiger partial charge in [-0.3, -0.25) is 19.4 Å². The first-order chi connectivity index (χ1) is 18.1. The summed E-state index contributed by atoms with van der Waals surface area (Å²) in [7, 11) is 1.57. The van der Waals surface area contributed by atoms with E-state index in [0.717, 1.165) is 24.0 Å². The van der Waals surface area contributed by atoms with Gasteiger partial charge in [0.1, 0.15) is 17.8 Å². The fraction of sp³-hybridized carbons (Fsp3) is 0.467. The molecule has 3 fully saturated rings. The maximum Gasteiger partial charge on any atom is 0.330 e. The quantitative estimate of drug-likeness (QED) is 0.437. The van der Waals surface area contributed by atoms with Crippen molar-refractivity contribution in [1.82, 2.24) is 5.01 Å². The number of nitrogens with zero attached hydrogens (tertiary/aromatic N) is 2. The van der Waals surface area contributed by atoms with E-state index in [1.54, 1.807) is 30.5 Å². The van der Waals surface area contributed by atoms with Crippen molar-refractivity contribution in [2.45, 2.75) is 70.2 Å². The molecule has 4 aliphatic rings. The summed E-state index contributed by atoms with van der Waals surface area (Å²) in [6.45, 7) is 5.52. The number of ether oxygens (including phenoxy) is 3. The van der Waals surface area contributed by atoms with Gasteiger partial charge in [0.15, 0.2) is 5.78 Å². The van der Waals surface area contributed by atoms with Gasteiger partial charge in [-0.05, 0) is 41.7 Å². The molecule has 2 aromatic carbocycles. The zero-order valence-electron chi connectivity index (χ0n) is 22.1. The summed E-state index contributed by atoms with van der Waals surface area (Å²) in [5.74, 6) is -2.94. The lowest BCUT2D eigenvalue weighted by Gasteiger charge is -2.45. The molecule has 1 saturated carbocycles. The fourth-order valence-electron chi connectivity index (χ4n) is 6.65. The van der Waals surface area contributed by atoms with Gasteiger partial charge in [0.05, 0.1) is 13.3 Å². The Balaban J connectivity index is 1.62. The first-order valence-electron chi connectivity index (χ1n) is 13.2. The van der Waals surface area contributed by atoms with Crippen LogP contribution in [0.1, 0.15) is 75.1 Å². The van der Waals surface area contributed by atoms with Crippen LogP contribution in [0.3, 0.4) is 0 Å². The molecule has 0 unspecified atom stereocenters. The molecule has 198 valence electrons. The molecule has 1 aliphatic carbocycles. The van der Waals surface area contributed by atoms with E-state index in [2.05, 4.69) is 0 Å². The Bertz CT molecular complexity index is 1320. The van der Waals surface area contributed by atoms with Crippen molar-refractivity contribution < 1.29 is 28.6 Å². The van der Waals surface area contributed by atoms with Gasteiger partial charge < -0.3 is 14.2 Å². The van der Waals surface area contributed by atoms with Crippen LogP contribution >= 0.6 is 0 Å². The Kier molecular flexibility index (Phi) is 5.46. The number of carbonyl (C=O) groups excluding carboxylic acids is 3. The average molecular weight is 517 g/mol. The first kappa shape index (κ1) is 24.6. The Morgan fingerprint density at radius 3 is 2.24 bits per heavy atom. The van der Waals surface area contributed by atoms with E-state index in [1.165, 1.54) is 0 Å². The molecule has 0 amide bonds. The second-order valence-electron chi connectivity index (χ2n) is 11.7. The molecule has 3 heterocycles. The molecule has 8 heteroatoms.